The molecule has 1 aromatic heterocycles. The lowest BCUT2D eigenvalue weighted by atomic mass is 10.1. The summed E-state index contributed by atoms with van der Waals surface area (Å²) >= 11 is 0. The molecule has 0 saturated carbocycles. The number of rotatable bonds is 8. The number of anilines is 1. The summed E-state index contributed by atoms with van der Waals surface area (Å²) in [6, 6.07) is 16.9. The van der Waals surface area contributed by atoms with Gasteiger partial charge in [-0.25, -0.2) is 4.68 Å². The molecule has 31 heavy (non-hydrogen) atoms. The maximum atomic E-state index is 13.1. The summed E-state index contributed by atoms with van der Waals surface area (Å²) < 4.78 is 6.58. The summed E-state index contributed by atoms with van der Waals surface area (Å²) in [4.78, 5) is 26.3. The van der Waals surface area contributed by atoms with Crippen LogP contribution in [-0.4, -0.2) is 35.3 Å². The maximum Gasteiger partial charge on any atom is 0.305 e. The van der Waals surface area contributed by atoms with E-state index in [4.69, 9.17) is 4.74 Å². The Morgan fingerprint density at radius 2 is 1.77 bits per heavy atom. The van der Waals surface area contributed by atoms with E-state index in [0.29, 0.717) is 24.9 Å². The number of hydrogen-bond acceptors (Lipinski definition) is 4. The molecule has 1 heterocycles. The molecule has 0 N–H and O–H groups in total. The lowest BCUT2D eigenvalue weighted by Crippen LogP contribution is -2.30. The van der Waals surface area contributed by atoms with Gasteiger partial charge in [-0.15, -0.1) is 6.58 Å². The van der Waals surface area contributed by atoms with Gasteiger partial charge in [0.2, 0.25) is 0 Å². The molecule has 3 aromatic rings. The third-order valence-corrected chi connectivity index (χ3v) is 5.23. The minimum atomic E-state index is -0.239. The normalized spacial score (nSPS) is 10.5. The van der Waals surface area contributed by atoms with Crippen molar-refractivity contribution in [1.29, 1.82) is 0 Å². The average Bonchev–Trinajstić information content (AvgIpc) is 3.09. The SMILES string of the molecule is C=CCN(C(=O)c1ccc(-n2nc(C)c(CCC(=O)OC)c2C)cc1)c1ccccc1. The summed E-state index contributed by atoms with van der Waals surface area (Å²) in [6.45, 7) is 8.11. The fourth-order valence-electron chi connectivity index (χ4n) is 3.56. The molecule has 0 aliphatic rings. The van der Waals surface area contributed by atoms with Crippen LogP contribution < -0.4 is 4.90 Å². The van der Waals surface area contributed by atoms with Crippen LogP contribution in [0.15, 0.2) is 67.3 Å². The average molecular weight is 418 g/mol. The molecule has 3 rings (SSSR count). The van der Waals surface area contributed by atoms with Gasteiger partial charge in [-0.3, -0.25) is 9.59 Å². The van der Waals surface area contributed by atoms with Crippen molar-refractivity contribution in [3.63, 3.8) is 0 Å². The fourth-order valence-corrected chi connectivity index (χ4v) is 3.56. The Labute approximate surface area is 182 Å². The molecule has 0 aliphatic heterocycles. The van der Waals surface area contributed by atoms with Gasteiger partial charge in [0.25, 0.3) is 5.91 Å². The number of para-hydroxylation sites is 1. The lowest BCUT2D eigenvalue weighted by Gasteiger charge is -2.21. The molecule has 0 radical (unpaired) electrons. The van der Waals surface area contributed by atoms with E-state index in [9.17, 15) is 9.59 Å². The molecular weight excluding hydrogens is 390 g/mol. The van der Waals surface area contributed by atoms with Gasteiger partial charge < -0.3 is 9.64 Å². The van der Waals surface area contributed by atoms with Gasteiger partial charge in [0.05, 0.1) is 18.5 Å². The minimum Gasteiger partial charge on any atom is -0.469 e. The molecule has 0 fully saturated rings. The zero-order valence-electron chi connectivity index (χ0n) is 18.2. The van der Waals surface area contributed by atoms with E-state index in [-0.39, 0.29) is 11.9 Å². The Morgan fingerprint density at radius 1 is 1.10 bits per heavy atom. The van der Waals surface area contributed by atoms with Crippen LogP contribution in [0.3, 0.4) is 0 Å². The summed E-state index contributed by atoms with van der Waals surface area (Å²) in [6.07, 6.45) is 2.61. The second-order valence-electron chi connectivity index (χ2n) is 7.22. The van der Waals surface area contributed by atoms with Crippen LogP contribution in [0.4, 0.5) is 5.69 Å². The van der Waals surface area contributed by atoms with Crippen molar-refractivity contribution in [3.05, 3.63) is 89.8 Å². The monoisotopic (exact) mass is 417 g/mol. The third-order valence-electron chi connectivity index (χ3n) is 5.23. The highest BCUT2D eigenvalue weighted by Crippen LogP contribution is 2.21. The van der Waals surface area contributed by atoms with E-state index in [2.05, 4.69) is 11.7 Å². The van der Waals surface area contributed by atoms with Gasteiger partial charge >= 0.3 is 5.97 Å². The largest absolute Gasteiger partial charge is 0.469 e. The number of amides is 1. The number of benzene rings is 2. The summed E-state index contributed by atoms with van der Waals surface area (Å²) in [5.74, 6) is -0.332. The van der Waals surface area contributed by atoms with Crippen LogP contribution in [0.2, 0.25) is 0 Å². The summed E-state index contributed by atoms with van der Waals surface area (Å²) in [5.41, 5.74) is 5.15. The van der Waals surface area contributed by atoms with Crippen LogP contribution in [0.1, 0.15) is 33.7 Å². The topological polar surface area (TPSA) is 64.4 Å². The third kappa shape index (κ3) is 4.91. The number of nitrogens with zero attached hydrogens (tertiary/aromatic N) is 3. The van der Waals surface area contributed by atoms with Crippen LogP contribution in [0.25, 0.3) is 5.69 Å². The second kappa shape index (κ2) is 9.89. The Bertz CT molecular complexity index is 1070. The first-order valence-electron chi connectivity index (χ1n) is 10.2. The number of aryl methyl sites for hydroxylation is 1. The van der Waals surface area contributed by atoms with Gasteiger partial charge in [0, 0.05) is 29.9 Å². The zero-order valence-corrected chi connectivity index (χ0v) is 18.2. The minimum absolute atomic E-state index is 0.0928. The molecule has 6 heteroatoms. The predicted molar refractivity (Wildman–Crippen MR) is 122 cm³/mol. The fraction of sp³-hybridized carbons (Fsp3) is 0.240. The Morgan fingerprint density at radius 3 is 2.39 bits per heavy atom. The van der Waals surface area contributed by atoms with Gasteiger partial charge in [-0.2, -0.15) is 5.10 Å². The maximum absolute atomic E-state index is 13.1. The van der Waals surface area contributed by atoms with Crippen LogP contribution in [0, 0.1) is 13.8 Å². The van der Waals surface area contributed by atoms with Crippen LogP contribution >= 0.6 is 0 Å². The Hall–Kier alpha value is -3.67. The van der Waals surface area contributed by atoms with E-state index in [1.165, 1.54) is 7.11 Å². The number of methoxy groups -OCH3 is 1. The molecule has 0 aliphatic carbocycles. The number of ether oxygens (including phenoxy) is 1. The van der Waals surface area contributed by atoms with E-state index in [1.54, 1.807) is 23.1 Å². The van der Waals surface area contributed by atoms with Crippen molar-refractivity contribution < 1.29 is 14.3 Å². The van der Waals surface area contributed by atoms with E-state index >= 15 is 0 Å². The van der Waals surface area contributed by atoms with Crippen LogP contribution in [0.5, 0.6) is 0 Å². The van der Waals surface area contributed by atoms with E-state index < -0.39 is 0 Å². The number of carbonyl (C=O) groups excluding carboxylic acids is 2. The van der Waals surface area contributed by atoms with Crippen molar-refractivity contribution >= 4 is 17.6 Å². The smallest absolute Gasteiger partial charge is 0.305 e. The molecule has 0 unspecified atom stereocenters. The number of carbonyl (C=O) groups is 2. The second-order valence-corrected chi connectivity index (χ2v) is 7.22. The highest BCUT2D eigenvalue weighted by Gasteiger charge is 2.18. The molecular formula is C25H27N3O3. The van der Waals surface area contributed by atoms with Gasteiger partial charge in [0.1, 0.15) is 0 Å². The Balaban J connectivity index is 1.83. The first-order valence-corrected chi connectivity index (χ1v) is 10.2. The summed E-state index contributed by atoms with van der Waals surface area (Å²) in [5, 5.41) is 4.63. The summed E-state index contributed by atoms with van der Waals surface area (Å²) in [7, 11) is 1.39. The Kier molecular flexibility index (Phi) is 7.03. The molecule has 0 spiro atoms. The standard InChI is InChI=1S/C25H27N3O3/c1-5-17-27(21-9-7-6-8-10-21)25(30)20-11-13-22(14-12-20)28-19(3)23(18(2)26-28)15-16-24(29)31-4/h5-14H,1,15-17H2,2-4H3. The van der Waals surface area contributed by atoms with E-state index in [1.807, 2.05) is 61.0 Å². The molecule has 2 aromatic carbocycles. The van der Waals surface area contributed by atoms with Crippen molar-refractivity contribution in [2.24, 2.45) is 0 Å². The van der Waals surface area contributed by atoms with Gasteiger partial charge in [-0.1, -0.05) is 24.3 Å². The molecule has 0 atom stereocenters. The van der Waals surface area contributed by atoms with Gasteiger partial charge in [-0.05, 0) is 62.2 Å². The highest BCUT2D eigenvalue weighted by molar-refractivity contribution is 6.06. The molecule has 0 bridgehead atoms. The quantitative estimate of drug-likeness (QED) is 0.402. The van der Waals surface area contributed by atoms with Crippen molar-refractivity contribution in [2.75, 3.05) is 18.6 Å². The van der Waals surface area contributed by atoms with Crippen molar-refractivity contribution in [3.8, 4) is 5.69 Å². The predicted octanol–water partition coefficient (Wildman–Crippen LogP) is 4.43. The first-order chi connectivity index (χ1) is 15.0. The molecule has 1 amide bonds. The zero-order chi connectivity index (χ0) is 22.4. The molecule has 160 valence electrons. The van der Waals surface area contributed by atoms with E-state index in [0.717, 1.165) is 28.3 Å². The first kappa shape index (κ1) is 22.0. The van der Waals surface area contributed by atoms with Gasteiger partial charge in [0.15, 0.2) is 0 Å². The number of esters is 1. The van der Waals surface area contributed by atoms with Crippen molar-refractivity contribution in [2.45, 2.75) is 26.7 Å². The number of hydrogen-bond donors (Lipinski definition) is 0. The molecule has 6 nitrogen and oxygen atoms in total. The lowest BCUT2D eigenvalue weighted by molar-refractivity contribution is -0.140. The number of aromatic nitrogens is 2. The van der Waals surface area contributed by atoms with Crippen LogP contribution in [-0.2, 0) is 16.0 Å². The molecule has 0 saturated heterocycles. The highest BCUT2D eigenvalue weighted by atomic mass is 16.5. The van der Waals surface area contributed by atoms with Crippen molar-refractivity contribution in [1.82, 2.24) is 9.78 Å².